The zero-order chi connectivity index (χ0) is 9.19. The number of nitrogens with two attached hydrogens (primary N) is 2. The first-order valence-electron chi connectivity index (χ1n) is 4.31. The normalized spacial score (nSPS) is 36.3. The van der Waals surface area contributed by atoms with Gasteiger partial charge < -0.3 is 16.6 Å². The Labute approximate surface area is 71.9 Å². The Kier molecular flexibility index (Phi) is 2.69. The molecule has 0 atom stereocenters. The Morgan fingerprint density at radius 1 is 1.50 bits per heavy atom. The second kappa shape index (κ2) is 3.41. The molecule has 70 valence electrons. The summed E-state index contributed by atoms with van der Waals surface area (Å²) in [6.45, 7) is 0.649. The molecule has 1 fully saturated rings. The summed E-state index contributed by atoms with van der Waals surface area (Å²) in [6.07, 6.45) is 2.81. The van der Waals surface area contributed by atoms with Gasteiger partial charge in [0.1, 0.15) is 5.54 Å². The third-order valence-corrected chi connectivity index (χ3v) is 2.76. The van der Waals surface area contributed by atoms with Crippen molar-refractivity contribution in [2.45, 2.75) is 31.2 Å². The van der Waals surface area contributed by atoms with Crippen LogP contribution in [-0.2, 0) is 4.79 Å². The van der Waals surface area contributed by atoms with E-state index >= 15 is 0 Å². The molecule has 0 radical (unpaired) electrons. The number of aliphatic carboxylic acids is 1. The van der Waals surface area contributed by atoms with Gasteiger partial charge in [0.2, 0.25) is 0 Å². The van der Waals surface area contributed by atoms with Gasteiger partial charge in [-0.2, -0.15) is 0 Å². The second-order valence-electron chi connectivity index (χ2n) is 3.64. The summed E-state index contributed by atoms with van der Waals surface area (Å²) in [4.78, 5) is 10.7. The van der Waals surface area contributed by atoms with Crippen LogP contribution >= 0.6 is 0 Å². The summed E-state index contributed by atoms with van der Waals surface area (Å²) in [5.74, 6) is -0.404. The molecule has 0 heterocycles. The van der Waals surface area contributed by atoms with E-state index in [9.17, 15) is 4.79 Å². The van der Waals surface area contributed by atoms with Gasteiger partial charge in [-0.25, -0.2) is 0 Å². The summed E-state index contributed by atoms with van der Waals surface area (Å²) >= 11 is 0. The van der Waals surface area contributed by atoms with Crippen molar-refractivity contribution in [2.75, 3.05) is 6.54 Å². The van der Waals surface area contributed by atoms with Crippen LogP contribution in [0.2, 0.25) is 0 Å². The minimum absolute atomic E-state index is 0.473. The molecule has 0 aliphatic heterocycles. The highest BCUT2D eigenvalue weighted by Gasteiger charge is 2.37. The van der Waals surface area contributed by atoms with E-state index < -0.39 is 11.5 Å². The van der Waals surface area contributed by atoms with Crippen molar-refractivity contribution in [3.8, 4) is 0 Å². The highest BCUT2D eigenvalue weighted by atomic mass is 16.4. The lowest BCUT2D eigenvalue weighted by Crippen LogP contribution is -2.50. The highest BCUT2D eigenvalue weighted by molar-refractivity contribution is 5.78. The summed E-state index contributed by atoms with van der Waals surface area (Å²) < 4.78 is 0. The molecule has 0 saturated heterocycles. The van der Waals surface area contributed by atoms with E-state index in [0.717, 1.165) is 12.8 Å². The average Bonchev–Trinajstić information content (AvgIpc) is 2.06. The molecular weight excluding hydrogens is 156 g/mol. The Bertz CT molecular complexity index is 174. The minimum atomic E-state index is -0.980. The van der Waals surface area contributed by atoms with E-state index in [0.29, 0.717) is 25.3 Å². The molecule has 0 spiro atoms. The van der Waals surface area contributed by atoms with Crippen molar-refractivity contribution in [2.24, 2.45) is 17.4 Å². The predicted octanol–water partition coefficient (Wildman–Crippen LogP) is -0.0826. The number of carboxylic acids is 1. The van der Waals surface area contributed by atoms with Crippen LogP contribution in [0.15, 0.2) is 0 Å². The van der Waals surface area contributed by atoms with Crippen LogP contribution in [0.25, 0.3) is 0 Å². The first kappa shape index (κ1) is 9.48. The van der Waals surface area contributed by atoms with E-state index in [1.807, 2.05) is 0 Å². The van der Waals surface area contributed by atoms with Crippen molar-refractivity contribution in [3.63, 3.8) is 0 Å². The zero-order valence-electron chi connectivity index (χ0n) is 7.12. The van der Waals surface area contributed by atoms with Crippen molar-refractivity contribution in [3.05, 3.63) is 0 Å². The Morgan fingerprint density at radius 2 is 2.00 bits per heavy atom. The molecule has 0 aromatic carbocycles. The number of hydrogen-bond acceptors (Lipinski definition) is 3. The number of hydrogen-bond donors (Lipinski definition) is 3. The van der Waals surface area contributed by atoms with Crippen LogP contribution in [0.1, 0.15) is 25.7 Å². The first-order chi connectivity index (χ1) is 5.58. The van der Waals surface area contributed by atoms with Crippen molar-refractivity contribution in [1.29, 1.82) is 0 Å². The van der Waals surface area contributed by atoms with Crippen LogP contribution in [0.5, 0.6) is 0 Å². The number of carbonyl (C=O) groups is 1. The number of carboxylic acid groups (broad SMARTS) is 1. The van der Waals surface area contributed by atoms with Crippen molar-refractivity contribution >= 4 is 5.97 Å². The van der Waals surface area contributed by atoms with Crippen LogP contribution < -0.4 is 11.5 Å². The Balaban J connectivity index is 2.49. The molecule has 1 rings (SSSR count). The molecule has 12 heavy (non-hydrogen) atoms. The lowest BCUT2D eigenvalue weighted by atomic mass is 9.77. The lowest BCUT2D eigenvalue weighted by Gasteiger charge is -2.32. The van der Waals surface area contributed by atoms with E-state index in [1.54, 1.807) is 0 Å². The fourth-order valence-corrected chi connectivity index (χ4v) is 1.64. The van der Waals surface area contributed by atoms with Crippen molar-refractivity contribution in [1.82, 2.24) is 0 Å². The smallest absolute Gasteiger partial charge is 0.323 e. The fourth-order valence-electron chi connectivity index (χ4n) is 1.64. The zero-order valence-corrected chi connectivity index (χ0v) is 7.12. The van der Waals surface area contributed by atoms with E-state index in [-0.39, 0.29) is 0 Å². The number of rotatable bonds is 2. The first-order valence-corrected chi connectivity index (χ1v) is 4.31. The van der Waals surface area contributed by atoms with Gasteiger partial charge in [-0.1, -0.05) is 0 Å². The summed E-state index contributed by atoms with van der Waals surface area (Å²) in [7, 11) is 0. The fraction of sp³-hybridized carbons (Fsp3) is 0.875. The van der Waals surface area contributed by atoms with Gasteiger partial charge in [-0.05, 0) is 38.1 Å². The molecule has 0 aromatic rings. The standard InChI is InChI=1S/C8H16N2O2/c9-5-6-1-3-8(10,4-2-6)7(11)12/h6H,1-5,9-10H2,(H,11,12). The molecule has 1 aliphatic rings. The molecule has 4 heteroatoms. The third-order valence-electron chi connectivity index (χ3n) is 2.76. The van der Waals surface area contributed by atoms with Crippen LogP contribution in [0.4, 0.5) is 0 Å². The molecule has 1 saturated carbocycles. The molecule has 0 aromatic heterocycles. The Morgan fingerprint density at radius 3 is 2.33 bits per heavy atom. The third kappa shape index (κ3) is 1.76. The van der Waals surface area contributed by atoms with Gasteiger partial charge >= 0.3 is 5.97 Å². The lowest BCUT2D eigenvalue weighted by molar-refractivity contribution is -0.144. The Hall–Kier alpha value is -0.610. The predicted molar refractivity (Wildman–Crippen MR) is 45.6 cm³/mol. The summed E-state index contributed by atoms with van der Waals surface area (Å²) in [6, 6.07) is 0. The van der Waals surface area contributed by atoms with Crippen LogP contribution in [0, 0.1) is 5.92 Å². The molecule has 0 unspecified atom stereocenters. The summed E-state index contributed by atoms with van der Waals surface area (Å²) in [5.41, 5.74) is 10.2. The quantitative estimate of drug-likeness (QED) is 0.543. The largest absolute Gasteiger partial charge is 0.480 e. The van der Waals surface area contributed by atoms with Gasteiger partial charge in [-0.15, -0.1) is 0 Å². The van der Waals surface area contributed by atoms with Gasteiger partial charge in [0.05, 0.1) is 0 Å². The van der Waals surface area contributed by atoms with Gasteiger partial charge in [0.15, 0.2) is 0 Å². The molecule has 0 bridgehead atoms. The average molecular weight is 172 g/mol. The van der Waals surface area contributed by atoms with Crippen molar-refractivity contribution < 1.29 is 9.90 Å². The maximum Gasteiger partial charge on any atom is 0.323 e. The second-order valence-corrected chi connectivity index (χ2v) is 3.64. The molecule has 5 N–H and O–H groups in total. The molecule has 1 aliphatic carbocycles. The van der Waals surface area contributed by atoms with Crippen LogP contribution in [-0.4, -0.2) is 23.2 Å². The van der Waals surface area contributed by atoms with Gasteiger partial charge in [0.25, 0.3) is 0 Å². The molecule has 4 nitrogen and oxygen atoms in total. The molecule has 0 amide bonds. The maximum atomic E-state index is 10.7. The summed E-state index contributed by atoms with van der Waals surface area (Å²) in [5, 5.41) is 8.80. The van der Waals surface area contributed by atoms with Gasteiger partial charge in [-0.3, -0.25) is 4.79 Å². The minimum Gasteiger partial charge on any atom is -0.480 e. The molecular formula is C8H16N2O2. The topological polar surface area (TPSA) is 89.3 Å². The van der Waals surface area contributed by atoms with Crippen LogP contribution in [0.3, 0.4) is 0 Å². The highest BCUT2D eigenvalue weighted by Crippen LogP contribution is 2.29. The monoisotopic (exact) mass is 172 g/mol. The van der Waals surface area contributed by atoms with E-state index in [1.165, 1.54) is 0 Å². The van der Waals surface area contributed by atoms with E-state index in [2.05, 4.69) is 0 Å². The SMILES string of the molecule is NCC1CCC(N)(C(=O)O)CC1. The maximum absolute atomic E-state index is 10.7. The van der Waals surface area contributed by atoms with Gasteiger partial charge in [0, 0.05) is 0 Å². The van der Waals surface area contributed by atoms with E-state index in [4.69, 9.17) is 16.6 Å².